The number of amides is 3. The molecule has 4 rings (SSSR count). The van der Waals surface area contributed by atoms with Crippen molar-refractivity contribution in [3.05, 3.63) is 70.3 Å². The molecule has 2 aromatic rings. The van der Waals surface area contributed by atoms with Crippen LogP contribution in [0.1, 0.15) is 59.9 Å². The number of nitrogens with two attached hydrogens (primary N) is 1. The van der Waals surface area contributed by atoms with Gasteiger partial charge < -0.3 is 10.2 Å². The Bertz CT molecular complexity index is 1350. The van der Waals surface area contributed by atoms with Crippen LogP contribution in [0.25, 0.3) is 0 Å². The maximum Gasteiger partial charge on any atom is 0.354 e. The van der Waals surface area contributed by atoms with E-state index < -0.39 is 15.9 Å². The van der Waals surface area contributed by atoms with Gasteiger partial charge in [0, 0.05) is 32.1 Å². The number of benzene rings is 2. The highest BCUT2D eigenvalue weighted by Gasteiger charge is 2.25. The number of nitrogens with zero attached hydrogens (tertiary/aromatic N) is 2. The third kappa shape index (κ3) is 6.48. The van der Waals surface area contributed by atoms with Crippen LogP contribution < -0.4 is 10.5 Å². The van der Waals surface area contributed by atoms with E-state index in [0.717, 1.165) is 49.8 Å². The number of nitrogens with one attached hydrogen (secondary N) is 1. The van der Waals surface area contributed by atoms with Crippen molar-refractivity contribution in [2.24, 2.45) is 9.50 Å². The molecule has 3 amide bonds. The van der Waals surface area contributed by atoms with E-state index in [1.54, 1.807) is 36.2 Å². The van der Waals surface area contributed by atoms with Crippen molar-refractivity contribution >= 4 is 27.5 Å². The summed E-state index contributed by atoms with van der Waals surface area (Å²) in [5.41, 5.74) is 6.66. The molecule has 0 saturated carbocycles. The van der Waals surface area contributed by atoms with E-state index in [0.29, 0.717) is 25.8 Å². The molecule has 0 aromatic heterocycles. The van der Waals surface area contributed by atoms with E-state index in [9.17, 15) is 13.8 Å². The molecule has 194 valence electrons. The monoisotopic (exact) mass is 518 g/mol. The van der Waals surface area contributed by atoms with Gasteiger partial charge in [-0.1, -0.05) is 30.4 Å². The quantitative estimate of drug-likeness (QED) is 0.383. The molecule has 0 aliphatic heterocycles. The highest BCUT2D eigenvalue weighted by atomic mass is 32.2. The number of urea groups is 1. The average molecular weight is 519 g/mol. The Balaban J connectivity index is 1.41. The van der Waals surface area contributed by atoms with Crippen LogP contribution in [0.5, 0.6) is 0 Å². The van der Waals surface area contributed by atoms with Crippen molar-refractivity contribution in [3.63, 3.8) is 0 Å². The molecule has 0 saturated heterocycles. The smallest absolute Gasteiger partial charge is 0.341 e. The summed E-state index contributed by atoms with van der Waals surface area (Å²) in [5, 5.41) is 8.95. The van der Waals surface area contributed by atoms with Gasteiger partial charge in [-0.25, -0.2) is 14.1 Å². The predicted octanol–water partition coefficient (Wildman–Crippen LogP) is 4.91. The molecule has 8 heteroatoms. The first kappa shape index (κ1) is 26.6. The Morgan fingerprint density at radius 1 is 1.11 bits per heavy atom. The van der Waals surface area contributed by atoms with Gasteiger partial charge in [0.05, 0.1) is 4.90 Å². The maximum absolute atomic E-state index is 13.2. The molecule has 1 unspecified atom stereocenters. The largest absolute Gasteiger partial charge is 0.354 e. The summed E-state index contributed by atoms with van der Waals surface area (Å²) in [6.07, 6.45) is 16.6. The van der Waals surface area contributed by atoms with E-state index in [4.69, 9.17) is 11.6 Å². The number of aryl methyl sites for hydroxylation is 2. The first-order valence-electron chi connectivity index (χ1n) is 12.7. The van der Waals surface area contributed by atoms with E-state index in [2.05, 4.69) is 21.7 Å². The van der Waals surface area contributed by atoms with Crippen LogP contribution in [-0.2, 0) is 46.9 Å². The highest BCUT2D eigenvalue weighted by Crippen LogP contribution is 2.38. The second-order valence-electron chi connectivity index (χ2n) is 9.64. The lowest BCUT2D eigenvalue weighted by atomic mass is 9.99. The maximum atomic E-state index is 13.2. The van der Waals surface area contributed by atoms with Crippen molar-refractivity contribution in [2.75, 3.05) is 12.4 Å². The molecular weight excluding hydrogens is 484 g/mol. The van der Waals surface area contributed by atoms with E-state index in [-0.39, 0.29) is 10.8 Å². The molecule has 37 heavy (non-hydrogen) atoms. The summed E-state index contributed by atoms with van der Waals surface area (Å²) in [7, 11) is -1.69. The third-order valence-electron chi connectivity index (χ3n) is 6.96. The second kappa shape index (κ2) is 11.8. The van der Waals surface area contributed by atoms with Crippen molar-refractivity contribution in [1.29, 1.82) is 0 Å². The lowest BCUT2D eigenvalue weighted by Gasteiger charge is -2.17. The molecule has 2 aromatic carbocycles. The Labute approximate surface area is 219 Å². The zero-order valence-electron chi connectivity index (χ0n) is 21.3. The van der Waals surface area contributed by atoms with Gasteiger partial charge in [0.1, 0.15) is 9.92 Å². The molecule has 7 nitrogen and oxygen atoms in total. The minimum absolute atomic E-state index is 0.0163. The number of anilines is 1. The molecule has 1 atom stereocenters. The van der Waals surface area contributed by atoms with Crippen molar-refractivity contribution in [1.82, 2.24) is 4.90 Å². The molecule has 2 aliphatic rings. The van der Waals surface area contributed by atoms with Gasteiger partial charge in [-0.15, -0.1) is 16.7 Å². The first-order valence-corrected chi connectivity index (χ1v) is 14.3. The van der Waals surface area contributed by atoms with Crippen LogP contribution >= 0.6 is 0 Å². The number of hydrogen-bond acceptors (Lipinski definition) is 3. The first-order chi connectivity index (χ1) is 17.8. The highest BCUT2D eigenvalue weighted by molar-refractivity contribution is 7.91. The Morgan fingerprint density at radius 2 is 1.76 bits per heavy atom. The van der Waals surface area contributed by atoms with Crippen molar-refractivity contribution in [3.8, 4) is 12.3 Å². The second-order valence-corrected chi connectivity index (χ2v) is 11.4. The van der Waals surface area contributed by atoms with E-state index >= 15 is 0 Å². The SMILES string of the molecule is C#CC/C=C/CCC(=O)N(C)Cc1ccc(S(N)(=O)=NC(=O)Nc2c3c(cc4c2CCC4)CCC3)cc1. The number of rotatable bonds is 8. The van der Waals surface area contributed by atoms with Crippen molar-refractivity contribution < 1.29 is 13.8 Å². The number of allylic oxidation sites excluding steroid dienone is 2. The van der Waals surface area contributed by atoms with Gasteiger partial charge in [0.2, 0.25) is 5.91 Å². The van der Waals surface area contributed by atoms with Crippen LogP contribution in [0.4, 0.5) is 10.5 Å². The minimum atomic E-state index is -3.43. The minimum Gasteiger partial charge on any atom is -0.341 e. The molecule has 0 spiro atoms. The summed E-state index contributed by atoms with van der Waals surface area (Å²) in [5.74, 6) is 2.54. The summed E-state index contributed by atoms with van der Waals surface area (Å²) < 4.78 is 17.0. The lowest BCUT2D eigenvalue weighted by Crippen LogP contribution is -2.25. The standard InChI is InChI=1S/C29H34N4O3S/c1-3-4-5-6-7-14-27(34)33(2)20-21-15-17-24(18-16-21)37(30,36)32-29(35)31-28-25-12-8-10-22(25)19-23-11-9-13-26(23)28/h1,5-6,15-19H,4,7-14,20H2,2H3,(H3,30,31,32,35,36)/b6-5+. The zero-order chi connectivity index (χ0) is 26.4. The van der Waals surface area contributed by atoms with Crippen LogP contribution in [0.2, 0.25) is 0 Å². The fourth-order valence-corrected chi connectivity index (χ4v) is 6.01. The topological polar surface area (TPSA) is 105 Å². The van der Waals surface area contributed by atoms with Crippen LogP contribution in [0.3, 0.4) is 0 Å². The number of carbonyl (C=O) groups excluding carboxylic acids is 2. The zero-order valence-corrected chi connectivity index (χ0v) is 22.1. The van der Waals surface area contributed by atoms with Gasteiger partial charge >= 0.3 is 6.03 Å². The van der Waals surface area contributed by atoms with Gasteiger partial charge in [-0.05, 0) is 84.9 Å². The predicted molar refractivity (Wildman–Crippen MR) is 147 cm³/mol. The molecule has 3 N–H and O–H groups in total. The Hall–Kier alpha value is -3.41. The molecule has 0 fully saturated rings. The average Bonchev–Trinajstić information content (AvgIpc) is 3.53. The molecule has 0 bridgehead atoms. The molecule has 0 heterocycles. The summed E-state index contributed by atoms with van der Waals surface area (Å²) in [6.45, 7) is 0.404. The van der Waals surface area contributed by atoms with Crippen molar-refractivity contribution in [2.45, 2.75) is 69.2 Å². The van der Waals surface area contributed by atoms with Gasteiger partial charge in [0.15, 0.2) is 0 Å². The van der Waals surface area contributed by atoms with Crippen LogP contribution in [0, 0.1) is 12.3 Å². The number of carbonyl (C=O) groups is 2. The Kier molecular flexibility index (Phi) is 8.47. The normalized spacial score (nSPS) is 15.5. The molecule has 2 aliphatic carbocycles. The summed E-state index contributed by atoms with van der Waals surface area (Å²) in [6, 6.07) is 8.31. The lowest BCUT2D eigenvalue weighted by molar-refractivity contribution is -0.130. The van der Waals surface area contributed by atoms with E-state index in [1.165, 1.54) is 22.3 Å². The van der Waals surface area contributed by atoms with E-state index in [1.807, 2.05) is 12.2 Å². The van der Waals surface area contributed by atoms with Crippen LogP contribution in [0.15, 0.2) is 51.7 Å². The molecular formula is C29H34N4O3S. The van der Waals surface area contributed by atoms with Gasteiger partial charge in [-0.2, -0.15) is 0 Å². The van der Waals surface area contributed by atoms with Gasteiger partial charge in [-0.3, -0.25) is 4.79 Å². The number of terminal acetylenes is 1. The van der Waals surface area contributed by atoms with Crippen LogP contribution in [-0.4, -0.2) is 28.1 Å². The summed E-state index contributed by atoms with van der Waals surface area (Å²) >= 11 is 0. The third-order valence-corrected chi connectivity index (χ3v) is 8.34. The number of hydrogen-bond donors (Lipinski definition) is 2. The fraction of sp³-hybridized carbons (Fsp3) is 0.379. The Morgan fingerprint density at radius 3 is 2.38 bits per heavy atom. The van der Waals surface area contributed by atoms with Gasteiger partial charge in [0.25, 0.3) is 0 Å². The fourth-order valence-electron chi connectivity index (χ4n) is 5.09. The number of fused-ring (bicyclic) bond motifs is 2. The summed E-state index contributed by atoms with van der Waals surface area (Å²) in [4.78, 5) is 27.1. The molecule has 0 radical (unpaired) electrons.